The van der Waals surface area contributed by atoms with Crippen molar-refractivity contribution in [2.75, 3.05) is 6.61 Å². The van der Waals surface area contributed by atoms with Crippen molar-refractivity contribution in [1.29, 1.82) is 0 Å². The van der Waals surface area contributed by atoms with Crippen LogP contribution in [0.2, 0.25) is 0 Å². The van der Waals surface area contributed by atoms with Gasteiger partial charge in [0, 0.05) is 49.2 Å². The van der Waals surface area contributed by atoms with Crippen molar-refractivity contribution >= 4 is 0 Å². The fourth-order valence-electron chi connectivity index (χ4n) is 3.05. The first-order chi connectivity index (χ1) is 12.6. The van der Waals surface area contributed by atoms with Gasteiger partial charge in [-0.3, -0.25) is 9.78 Å². The summed E-state index contributed by atoms with van der Waals surface area (Å²) < 4.78 is 7.56. The van der Waals surface area contributed by atoms with E-state index in [0.29, 0.717) is 30.1 Å². The number of aryl methyl sites for hydroxylation is 2. The number of aromatic nitrogens is 4. The van der Waals surface area contributed by atoms with E-state index in [4.69, 9.17) is 4.74 Å². The third kappa shape index (κ3) is 3.35. The molecule has 1 fully saturated rings. The summed E-state index contributed by atoms with van der Waals surface area (Å²) in [6, 6.07) is 9.45. The molecule has 0 aliphatic heterocycles. The molecule has 0 spiro atoms. The lowest BCUT2D eigenvalue weighted by atomic mass is 10.1. The van der Waals surface area contributed by atoms with Crippen molar-refractivity contribution in [1.82, 2.24) is 19.5 Å². The first kappa shape index (κ1) is 16.4. The molecule has 26 heavy (non-hydrogen) atoms. The van der Waals surface area contributed by atoms with Crippen molar-refractivity contribution in [2.45, 2.75) is 19.3 Å². The molecule has 0 N–H and O–H groups in total. The maximum Gasteiger partial charge on any atom is 0.250 e. The van der Waals surface area contributed by atoms with Gasteiger partial charge in [0.05, 0.1) is 12.2 Å². The molecule has 3 aromatic heterocycles. The second-order valence-corrected chi connectivity index (χ2v) is 6.67. The number of nitrogens with zero attached hydrogens (tertiary/aromatic N) is 4. The van der Waals surface area contributed by atoms with E-state index in [1.165, 1.54) is 4.57 Å². The summed E-state index contributed by atoms with van der Waals surface area (Å²) in [6.45, 7) is 2.41. The van der Waals surface area contributed by atoms with Gasteiger partial charge in [-0.2, -0.15) is 4.98 Å². The van der Waals surface area contributed by atoms with E-state index in [2.05, 4.69) is 21.0 Å². The Balaban J connectivity index is 1.52. The predicted octanol–water partition coefficient (Wildman–Crippen LogP) is 2.73. The minimum atomic E-state index is -0.0774. The summed E-state index contributed by atoms with van der Waals surface area (Å²) in [4.78, 5) is 25.1. The second kappa shape index (κ2) is 6.71. The van der Waals surface area contributed by atoms with E-state index in [1.807, 2.05) is 31.3 Å². The lowest BCUT2D eigenvalue weighted by Gasteiger charge is -2.11. The number of pyridine rings is 2. The Morgan fingerprint density at radius 1 is 1.27 bits per heavy atom. The zero-order valence-corrected chi connectivity index (χ0v) is 14.8. The predicted molar refractivity (Wildman–Crippen MR) is 98.0 cm³/mol. The zero-order valence-electron chi connectivity index (χ0n) is 14.8. The molecule has 0 aromatic carbocycles. The smallest absolute Gasteiger partial charge is 0.250 e. The lowest BCUT2D eigenvalue weighted by Crippen LogP contribution is -2.14. The molecule has 2 unspecified atom stereocenters. The number of hydrogen-bond donors (Lipinski definition) is 0. The summed E-state index contributed by atoms with van der Waals surface area (Å²) >= 11 is 0. The summed E-state index contributed by atoms with van der Waals surface area (Å²) in [5, 5.41) is 0. The van der Waals surface area contributed by atoms with Gasteiger partial charge in [-0.1, -0.05) is 6.07 Å². The largest absolute Gasteiger partial charge is 0.477 e. The molecule has 2 atom stereocenters. The number of rotatable bonds is 5. The quantitative estimate of drug-likeness (QED) is 0.709. The van der Waals surface area contributed by atoms with Crippen LogP contribution in [0.4, 0.5) is 0 Å². The molecule has 132 valence electrons. The van der Waals surface area contributed by atoms with Gasteiger partial charge in [0.15, 0.2) is 0 Å². The molecule has 4 rings (SSSR count). The highest BCUT2D eigenvalue weighted by Crippen LogP contribution is 2.46. The van der Waals surface area contributed by atoms with E-state index >= 15 is 0 Å². The Bertz CT molecular complexity index is 985. The Labute approximate surface area is 151 Å². The minimum absolute atomic E-state index is 0.0774. The first-order valence-electron chi connectivity index (χ1n) is 8.66. The molecule has 0 amide bonds. The summed E-state index contributed by atoms with van der Waals surface area (Å²) in [5.74, 6) is 2.06. The highest BCUT2D eigenvalue weighted by molar-refractivity contribution is 5.67. The molecular weight excluding hydrogens is 328 g/mol. The highest BCUT2D eigenvalue weighted by Gasteiger charge is 2.40. The van der Waals surface area contributed by atoms with Gasteiger partial charge in [0.25, 0.3) is 5.56 Å². The Morgan fingerprint density at radius 3 is 2.92 bits per heavy atom. The topological polar surface area (TPSA) is 69.9 Å². The molecule has 0 bridgehead atoms. The highest BCUT2D eigenvalue weighted by atomic mass is 16.5. The van der Waals surface area contributed by atoms with Crippen LogP contribution < -0.4 is 10.3 Å². The molecule has 0 saturated heterocycles. The van der Waals surface area contributed by atoms with Crippen LogP contribution in [0.25, 0.3) is 11.1 Å². The summed E-state index contributed by atoms with van der Waals surface area (Å²) in [7, 11) is 1.72. The third-order valence-corrected chi connectivity index (χ3v) is 4.71. The van der Waals surface area contributed by atoms with Crippen LogP contribution in [0, 0.1) is 12.8 Å². The Kier molecular flexibility index (Phi) is 4.24. The van der Waals surface area contributed by atoms with Crippen molar-refractivity contribution < 1.29 is 4.74 Å². The fraction of sp³-hybridized carbons (Fsp3) is 0.300. The normalized spacial score (nSPS) is 18.5. The maximum atomic E-state index is 11.9. The molecule has 3 heterocycles. The molecule has 0 radical (unpaired) electrons. The average molecular weight is 348 g/mol. The molecule has 1 aliphatic rings. The van der Waals surface area contributed by atoms with Crippen LogP contribution in [0.1, 0.15) is 23.9 Å². The van der Waals surface area contributed by atoms with Gasteiger partial charge in [-0.05, 0) is 37.1 Å². The molecule has 6 nitrogen and oxygen atoms in total. The van der Waals surface area contributed by atoms with Crippen LogP contribution in [0.3, 0.4) is 0 Å². The molecular formula is C20H20N4O2. The van der Waals surface area contributed by atoms with Crippen molar-refractivity contribution in [3.8, 4) is 17.0 Å². The van der Waals surface area contributed by atoms with Gasteiger partial charge in [0.1, 0.15) is 5.82 Å². The number of ether oxygens (including phenoxy) is 1. The minimum Gasteiger partial charge on any atom is -0.477 e. The van der Waals surface area contributed by atoms with E-state index < -0.39 is 0 Å². The van der Waals surface area contributed by atoms with E-state index in [9.17, 15) is 4.79 Å². The second-order valence-electron chi connectivity index (χ2n) is 6.67. The van der Waals surface area contributed by atoms with Crippen LogP contribution >= 0.6 is 0 Å². The SMILES string of the molecule is Cc1ncc(-c2ccn(C)c(=O)c2)c(OCC2CC2c2ccccn2)n1. The van der Waals surface area contributed by atoms with Gasteiger partial charge in [-0.25, -0.2) is 4.98 Å². The van der Waals surface area contributed by atoms with E-state index in [-0.39, 0.29) is 5.56 Å². The molecule has 1 saturated carbocycles. The molecule has 1 aliphatic carbocycles. The van der Waals surface area contributed by atoms with Gasteiger partial charge in [-0.15, -0.1) is 0 Å². The van der Waals surface area contributed by atoms with Crippen LogP contribution in [-0.2, 0) is 7.05 Å². The lowest BCUT2D eigenvalue weighted by molar-refractivity contribution is 0.285. The standard InChI is InChI=1S/C20H20N4O2/c1-13-22-11-17(14-6-8-24(2)19(25)10-14)20(23-13)26-12-15-9-16(15)18-5-3-4-7-21-18/h3-8,10-11,15-16H,9,12H2,1-2H3. The zero-order chi connectivity index (χ0) is 18.1. The van der Waals surface area contributed by atoms with Gasteiger partial charge >= 0.3 is 0 Å². The van der Waals surface area contributed by atoms with E-state index in [0.717, 1.165) is 23.2 Å². The van der Waals surface area contributed by atoms with Crippen molar-refractivity contribution in [3.63, 3.8) is 0 Å². The van der Waals surface area contributed by atoms with Gasteiger partial charge < -0.3 is 9.30 Å². The van der Waals surface area contributed by atoms with Gasteiger partial charge in [0.2, 0.25) is 5.88 Å². The summed E-state index contributed by atoms with van der Waals surface area (Å²) in [6.07, 6.45) is 6.35. The van der Waals surface area contributed by atoms with Crippen molar-refractivity contribution in [2.24, 2.45) is 13.0 Å². The summed E-state index contributed by atoms with van der Waals surface area (Å²) in [5.41, 5.74) is 2.54. The van der Waals surface area contributed by atoms with Crippen LogP contribution in [0.5, 0.6) is 5.88 Å². The molecule has 3 aromatic rings. The Hall–Kier alpha value is -3.02. The Morgan fingerprint density at radius 2 is 2.15 bits per heavy atom. The third-order valence-electron chi connectivity index (χ3n) is 4.71. The average Bonchev–Trinajstić information content (AvgIpc) is 3.43. The number of hydrogen-bond acceptors (Lipinski definition) is 5. The maximum absolute atomic E-state index is 11.9. The van der Waals surface area contributed by atoms with Crippen LogP contribution in [0.15, 0.2) is 53.7 Å². The van der Waals surface area contributed by atoms with Crippen LogP contribution in [-0.4, -0.2) is 26.1 Å². The molecule has 6 heteroatoms. The fourth-order valence-corrected chi connectivity index (χ4v) is 3.05. The van der Waals surface area contributed by atoms with Crippen molar-refractivity contribution in [3.05, 3.63) is 70.8 Å². The first-order valence-corrected chi connectivity index (χ1v) is 8.66. The monoisotopic (exact) mass is 348 g/mol. The van der Waals surface area contributed by atoms with E-state index in [1.54, 1.807) is 25.5 Å².